The molecule has 0 saturated heterocycles. The summed E-state index contributed by atoms with van der Waals surface area (Å²) in [5.74, 6) is -1.46. The molecule has 1 heterocycles. The average molecular weight is 393 g/mol. The van der Waals surface area contributed by atoms with Gasteiger partial charge in [0.15, 0.2) is 0 Å². The number of sulfonamides is 1. The molecule has 2 rings (SSSR count). The molecule has 0 bridgehead atoms. The molecular formula is C11H7BrClN3O4S. The van der Waals surface area contributed by atoms with Crippen LogP contribution in [0, 0.1) is 0 Å². The summed E-state index contributed by atoms with van der Waals surface area (Å²) < 4.78 is 26.7. The molecule has 0 radical (unpaired) electrons. The van der Waals surface area contributed by atoms with Crippen molar-refractivity contribution in [3.63, 3.8) is 0 Å². The van der Waals surface area contributed by atoms with Crippen molar-refractivity contribution in [2.45, 2.75) is 4.90 Å². The predicted molar refractivity (Wildman–Crippen MR) is 79.0 cm³/mol. The molecule has 0 aliphatic carbocycles. The smallest absolute Gasteiger partial charge is 0.336 e. The second-order valence-electron chi connectivity index (χ2n) is 3.76. The largest absolute Gasteiger partial charge is 0.478 e. The second kappa shape index (κ2) is 5.96. The van der Waals surface area contributed by atoms with Crippen LogP contribution in [-0.2, 0) is 10.0 Å². The summed E-state index contributed by atoms with van der Waals surface area (Å²) in [6.45, 7) is 0. The van der Waals surface area contributed by atoms with Crippen LogP contribution >= 0.6 is 27.5 Å². The van der Waals surface area contributed by atoms with E-state index in [1.807, 2.05) is 0 Å². The number of benzene rings is 1. The second-order valence-corrected chi connectivity index (χ2v) is 6.68. The summed E-state index contributed by atoms with van der Waals surface area (Å²) in [6.07, 6.45) is 1.29. The molecule has 0 aliphatic rings. The summed E-state index contributed by atoms with van der Waals surface area (Å²) in [5.41, 5.74) is -0.176. The van der Waals surface area contributed by atoms with Crippen LogP contribution < -0.4 is 4.72 Å². The Labute approximate surface area is 133 Å². The highest BCUT2D eigenvalue weighted by Crippen LogP contribution is 2.22. The molecule has 0 atom stereocenters. The quantitative estimate of drug-likeness (QED) is 0.773. The van der Waals surface area contributed by atoms with E-state index >= 15 is 0 Å². The molecular weight excluding hydrogens is 386 g/mol. The first-order chi connectivity index (χ1) is 9.79. The van der Waals surface area contributed by atoms with E-state index in [0.717, 1.165) is 6.07 Å². The highest BCUT2D eigenvalue weighted by atomic mass is 79.9. The Kier molecular flexibility index (Phi) is 4.45. The Morgan fingerprint density at radius 2 is 2.05 bits per heavy atom. The van der Waals surface area contributed by atoms with Gasteiger partial charge < -0.3 is 5.11 Å². The number of aromatic nitrogens is 2. The van der Waals surface area contributed by atoms with Crippen molar-refractivity contribution in [1.82, 2.24) is 9.97 Å². The minimum atomic E-state index is -4.02. The minimum Gasteiger partial charge on any atom is -0.478 e. The lowest BCUT2D eigenvalue weighted by atomic mass is 10.2. The van der Waals surface area contributed by atoms with Crippen molar-refractivity contribution in [3.05, 3.63) is 45.7 Å². The first-order valence-corrected chi connectivity index (χ1v) is 7.99. The first kappa shape index (κ1) is 15.7. The number of carboxylic acid groups (broad SMARTS) is 1. The molecule has 21 heavy (non-hydrogen) atoms. The Morgan fingerprint density at radius 1 is 1.33 bits per heavy atom. The highest BCUT2D eigenvalue weighted by molar-refractivity contribution is 9.10. The number of carboxylic acids is 1. The van der Waals surface area contributed by atoms with E-state index in [4.69, 9.17) is 16.7 Å². The molecule has 110 valence electrons. The first-order valence-electron chi connectivity index (χ1n) is 5.34. The monoisotopic (exact) mass is 391 g/mol. The van der Waals surface area contributed by atoms with Gasteiger partial charge in [-0.15, -0.1) is 0 Å². The van der Waals surface area contributed by atoms with E-state index in [-0.39, 0.29) is 26.0 Å². The Bertz CT molecular complexity index is 813. The van der Waals surface area contributed by atoms with E-state index in [1.54, 1.807) is 0 Å². The van der Waals surface area contributed by atoms with E-state index in [9.17, 15) is 13.2 Å². The van der Waals surface area contributed by atoms with Crippen LogP contribution in [-0.4, -0.2) is 29.5 Å². The molecule has 0 spiro atoms. The Morgan fingerprint density at radius 3 is 2.67 bits per heavy atom. The maximum atomic E-state index is 12.2. The molecule has 7 nitrogen and oxygen atoms in total. The van der Waals surface area contributed by atoms with Gasteiger partial charge in [0.2, 0.25) is 5.95 Å². The van der Waals surface area contributed by atoms with Gasteiger partial charge in [0.25, 0.3) is 10.0 Å². The maximum absolute atomic E-state index is 12.2. The number of carbonyl (C=O) groups is 1. The third-order valence-electron chi connectivity index (χ3n) is 2.33. The van der Waals surface area contributed by atoms with Gasteiger partial charge in [-0.05, 0) is 40.2 Å². The number of nitrogens with zero attached hydrogens (tertiary/aromatic N) is 2. The van der Waals surface area contributed by atoms with Gasteiger partial charge in [0, 0.05) is 10.7 Å². The lowest BCUT2D eigenvalue weighted by Crippen LogP contribution is -2.15. The van der Waals surface area contributed by atoms with Crippen molar-refractivity contribution in [3.8, 4) is 0 Å². The summed E-state index contributed by atoms with van der Waals surface area (Å²) in [7, 11) is -4.02. The van der Waals surface area contributed by atoms with Crippen LogP contribution in [0.1, 0.15) is 10.4 Å². The predicted octanol–water partition coefficient (Wildman–Crippen LogP) is 2.39. The van der Waals surface area contributed by atoms with Crippen LogP contribution in [0.25, 0.3) is 0 Å². The van der Waals surface area contributed by atoms with Crippen molar-refractivity contribution >= 4 is 49.5 Å². The summed E-state index contributed by atoms with van der Waals surface area (Å²) in [4.78, 5) is 18.2. The van der Waals surface area contributed by atoms with Gasteiger partial charge >= 0.3 is 5.97 Å². The zero-order chi connectivity index (χ0) is 15.6. The SMILES string of the molecule is O=C(O)c1cc(S(=O)(=O)Nc2nccc(Cl)n2)ccc1Br. The Hall–Kier alpha value is -1.71. The van der Waals surface area contributed by atoms with Crippen LogP contribution in [0.2, 0.25) is 5.15 Å². The Balaban J connectivity index is 2.40. The van der Waals surface area contributed by atoms with E-state index in [1.165, 1.54) is 24.4 Å². The van der Waals surface area contributed by atoms with E-state index in [0.29, 0.717) is 0 Å². The molecule has 0 saturated carbocycles. The standard InChI is InChI=1S/C11H7BrClN3O4S/c12-8-2-1-6(5-7(8)10(17)18)21(19,20)16-11-14-4-3-9(13)15-11/h1-5H,(H,17,18)(H,14,15,16). The lowest BCUT2D eigenvalue weighted by molar-refractivity contribution is 0.0695. The van der Waals surface area contributed by atoms with Gasteiger partial charge in [-0.25, -0.2) is 27.9 Å². The van der Waals surface area contributed by atoms with Gasteiger partial charge in [-0.1, -0.05) is 11.6 Å². The molecule has 2 N–H and O–H groups in total. The van der Waals surface area contributed by atoms with Crippen LogP contribution in [0.15, 0.2) is 39.8 Å². The summed E-state index contributed by atoms with van der Waals surface area (Å²) in [5, 5.41) is 9.07. The molecule has 0 fully saturated rings. The van der Waals surface area contributed by atoms with Crippen LogP contribution in [0.5, 0.6) is 0 Å². The molecule has 0 amide bonds. The molecule has 0 unspecified atom stereocenters. The molecule has 1 aromatic heterocycles. The van der Waals surface area contributed by atoms with Crippen LogP contribution in [0.3, 0.4) is 0 Å². The fourth-order valence-corrected chi connectivity index (χ4v) is 2.93. The number of nitrogens with one attached hydrogen (secondary N) is 1. The van der Waals surface area contributed by atoms with Gasteiger partial charge in [0.1, 0.15) is 5.15 Å². The number of aromatic carboxylic acids is 1. The normalized spacial score (nSPS) is 11.1. The number of rotatable bonds is 4. The summed E-state index contributed by atoms with van der Waals surface area (Å²) >= 11 is 8.67. The average Bonchev–Trinajstić information content (AvgIpc) is 2.38. The van der Waals surface area contributed by atoms with Gasteiger partial charge in [-0.3, -0.25) is 0 Å². The third-order valence-corrected chi connectivity index (χ3v) is 4.55. The lowest BCUT2D eigenvalue weighted by Gasteiger charge is -2.08. The molecule has 0 aliphatic heterocycles. The van der Waals surface area contributed by atoms with Gasteiger partial charge in [0.05, 0.1) is 10.5 Å². The fourth-order valence-electron chi connectivity index (χ4n) is 1.40. The number of hydrogen-bond donors (Lipinski definition) is 2. The number of hydrogen-bond acceptors (Lipinski definition) is 5. The maximum Gasteiger partial charge on any atom is 0.336 e. The molecule has 2 aromatic rings. The molecule has 10 heteroatoms. The summed E-state index contributed by atoms with van der Waals surface area (Å²) in [6, 6.07) is 5.00. The minimum absolute atomic E-state index is 0.0738. The number of anilines is 1. The molecule has 1 aromatic carbocycles. The topological polar surface area (TPSA) is 109 Å². The van der Waals surface area contributed by atoms with Crippen molar-refractivity contribution < 1.29 is 18.3 Å². The van der Waals surface area contributed by atoms with Crippen molar-refractivity contribution in [2.24, 2.45) is 0 Å². The fraction of sp³-hybridized carbons (Fsp3) is 0. The number of halogens is 2. The van der Waals surface area contributed by atoms with Crippen molar-refractivity contribution in [1.29, 1.82) is 0 Å². The van der Waals surface area contributed by atoms with Crippen molar-refractivity contribution in [2.75, 3.05) is 4.72 Å². The highest BCUT2D eigenvalue weighted by Gasteiger charge is 2.19. The zero-order valence-electron chi connectivity index (χ0n) is 10.1. The van der Waals surface area contributed by atoms with Gasteiger partial charge in [-0.2, -0.15) is 0 Å². The zero-order valence-corrected chi connectivity index (χ0v) is 13.3. The third kappa shape index (κ3) is 3.69. The van der Waals surface area contributed by atoms with E-state index < -0.39 is 16.0 Å². The van der Waals surface area contributed by atoms with E-state index in [2.05, 4.69) is 30.6 Å². The van der Waals surface area contributed by atoms with Crippen LogP contribution in [0.4, 0.5) is 5.95 Å².